The highest BCUT2D eigenvalue weighted by Gasteiger charge is 2.53. The normalized spacial score (nSPS) is 36.4. The van der Waals surface area contributed by atoms with Crippen molar-refractivity contribution < 1.29 is 42.8 Å². The van der Waals surface area contributed by atoms with Crippen molar-refractivity contribution in [2.24, 2.45) is 14.1 Å². The van der Waals surface area contributed by atoms with Crippen molar-refractivity contribution in [3.05, 3.63) is 46.0 Å². The average Bonchev–Trinajstić information content (AvgIpc) is 3.73. The summed E-state index contributed by atoms with van der Waals surface area (Å²) in [6.45, 7) is -6.74. The predicted octanol–water partition coefficient (Wildman–Crippen LogP) is -1.51. The molecule has 0 aromatic carbocycles. The second-order valence-electron chi connectivity index (χ2n) is 10.7. The number of aliphatic hydroxyl groups is 2. The van der Waals surface area contributed by atoms with E-state index in [4.69, 9.17) is 35.1 Å². The summed E-state index contributed by atoms with van der Waals surface area (Å²) in [4.78, 5) is 52.7. The molecule has 6 heterocycles. The minimum Gasteiger partial charge on any atom is -0.388 e. The van der Waals surface area contributed by atoms with Crippen LogP contribution >= 0.6 is 6.72 Å². The van der Waals surface area contributed by atoms with Gasteiger partial charge in [-0.25, -0.2) is 24.3 Å². The number of aromatic nitrogens is 8. The van der Waals surface area contributed by atoms with Crippen LogP contribution < -0.4 is 11.1 Å². The van der Waals surface area contributed by atoms with Crippen LogP contribution in [0.4, 0.5) is 4.39 Å². The number of aryl methyl sites for hydroxylation is 2. The van der Waals surface area contributed by atoms with E-state index in [9.17, 15) is 24.7 Å². The molecule has 4 aromatic rings. The van der Waals surface area contributed by atoms with Crippen LogP contribution in [0.2, 0.25) is 0 Å². The molecule has 2 saturated heterocycles. The lowest BCUT2D eigenvalue weighted by Gasteiger charge is -2.30. The van der Waals surface area contributed by atoms with E-state index in [1.165, 1.54) is 57.7 Å². The zero-order chi connectivity index (χ0) is 31.1. The first-order valence-corrected chi connectivity index (χ1v) is 15.9. The van der Waals surface area contributed by atoms with Crippen LogP contribution in [0, 0.1) is 0 Å². The van der Waals surface area contributed by atoms with E-state index < -0.39 is 79.9 Å². The Labute approximate surface area is 250 Å². The van der Waals surface area contributed by atoms with Crippen LogP contribution in [0.15, 0.2) is 34.9 Å². The number of nitrogens with zero attached hydrogens (tertiary/aromatic N) is 8. The van der Waals surface area contributed by atoms with Crippen LogP contribution in [0.1, 0.15) is 18.7 Å². The first-order valence-electron chi connectivity index (χ1n) is 13.3. The van der Waals surface area contributed by atoms with Gasteiger partial charge < -0.3 is 47.5 Å². The number of rotatable bonds is 2. The Morgan fingerprint density at radius 3 is 2.16 bits per heavy atom. The second-order valence-corrected chi connectivity index (χ2v) is 13.4. The SMILES string of the molecule is Cn1cnc2c(ncn2[C@@H]2C[C@@H]3OP(O)(=S)O[C@H]4[C@@H](F)[C@H](n5cnc6c(=O)n(C)cnc65)O[C@@H]4COC(O)O[C@@H]2[C@@H]3O)c1=O. The molecule has 2 unspecified atom stereocenters. The van der Waals surface area contributed by atoms with Crippen molar-refractivity contribution in [2.75, 3.05) is 6.61 Å². The summed E-state index contributed by atoms with van der Waals surface area (Å²) in [5, 5.41) is 21.8. The largest absolute Gasteiger partial charge is 0.388 e. The van der Waals surface area contributed by atoms with Crippen molar-refractivity contribution in [1.29, 1.82) is 0 Å². The third-order valence-corrected chi connectivity index (χ3v) is 9.52. The molecule has 0 spiro atoms. The van der Waals surface area contributed by atoms with Gasteiger partial charge in [0.25, 0.3) is 17.6 Å². The van der Waals surface area contributed by atoms with Gasteiger partial charge in [-0.1, -0.05) is 0 Å². The maximum absolute atomic E-state index is 16.0. The zero-order valence-electron chi connectivity index (χ0n) is 22.9. The Hall–Kier alpha value is -3.04. The van der Waals surface area contributed by atoms with E-state index in [1.807, 2.05) is 0 Å². The number of ether oxygens (including phenoxy) is 3. The van der Waals surface area contributed by atoms with Gasteiger partial charge in [-0.3, -0.25) is 18.7 Å². The summed E-state index contributed by atoms with van der Waals surface area (Å²) in [5.41, 5.74) is -0.581. The molecule has 2 aliphatic heterocycles. The van der Waals surface area contributed by atoms with Crippen molar-refractivity contribution in [3.63, 3.8) is 0 Å². The Bertz CT molecular complexity index is 1920. The molecule has 4 aromatic heterocycles. The maximum Gasteiger partial charge on any atom is 0.325 e. The van der Waals surface area contributed by atoms with Crippen LogP contribution in [0.5, 0.6) is 0 Å². The van der Waals surface area contributed by atoms with Gasteiger partial charge in [-0.05, 0) is 11.8 Å². The molecular formula is C23H26FN8O10PS. The molecule has 2 bridgehead atoms. The van der Waals surface area contributed by atoms with Gasteiger partial charge in [0.2, 0.25) is 0 Å². The third kappa shape index (κ3) is 4.82. The standard InChI is InChI=1S/C23H26FN8O10PS/c1-29-5-27-18-13(20(29)34)25-7-31(18)9-3-10-15(33)16(9)40-23(36)38-4-11-17(42-43(37,44)41-10)12(24)22(39-11)32-8-26-14-19(32)28-6-30(2)21(14)35/h5-12,15-17,22-23,33,36H,3-4H2,1-2H3,(H,37,44)/t9-,10+,11-,12-,15-,16+,17-,22-,23?,43?/m1/s1. The van der Waals surface area contributed by atoms with Gasteiger partial charge in [-0.2, -0.15) is 0 Å². The molecule has 7 rings (SSSR count). The van der Waals surface area contributed by atoms with Crippen LogP contribution in [-0.2, 0) is 49.2 Å². The fourth-order valence-corrected chi connectivity index (χ4v) is 7.59. The van der Waals surface area contributed by atoms with Crippen LogP contribution in [0.25, 0.3) is 22.3 Å². The summed E-state index contributed by atoms with van der Waals surface area (Å²) in [6, 6.07) is -0.822. The van der Waals surface area contributed by atoms with E-state index in [-0.39, 0.29) is 28.7 Å². The number of imidazole rings is 2. The molecule has 1 aliphatic carbocycles. The smallest absolute Gasteiger partial charge is 0.325 e. The first kappa shape index (κ1) is 29.7. The number of hydrogen-bond donors (Lipinski definition) is 3. The van der Waals surface area contributed by atoms with E-state index in [0.717, 1.165) is 0 Å². The predicted molar refractivity (Wildman–Crippen MR) is 147 cm³/mol. The molecule has 44 heavy (non-hydrogen) atoms. The quantitative estimate of drug-likeness (QED) is 0.209. The minimum absolute atomic E-state index is 0.0194. The Balaban J connectivity index is 1.19. The van der Waals surface area contributed by atoms with Crippen LogP contribution in [0.3, 0.4) is 0 Å². The van der Waals surface area contributed by atoms with Gasteiger partial charge in [0.1, 0.15) is 24.4 Å². The third-order valence-electron chi connectivity index (χ3n) is 7.96. The molecule has 21 heteroatoms. The molecule has 3 fully saturated rings. The first-order chi connectivity index (χ1) is 20.9. The van der Waals surface area contributed by atoms with Gasteiger partial charge in [-0.15, -0.1) is 0 Å². The van der Waals surface area contributed by atoms with Crippen molar-refractivity contribution >= 4 is 40.9 Å². The van der Waals surface area contributed by atoms with Gasteiger partial charge >= 0.3 is 6.72 Å². The Morgan fingerprint density at radius 1 is 0.886 bits per heavy atom. The van der Waals surface area contributed by atoms with Crippen molar-refractivity contribution in [3.8, 4) is 0 Å². The molecule has 10 atom stereocenters. The Morgan fingerprint density at radius 2 is 1.50 bits per heavy atom. The molecule has 3 aliphatic rings. The second kappa shape index (κ2) is 10.8. The van der Waals surface area contributed by atoms with Gasteiger partial charge in [0.15, 0.2) is 34.7 Å². The lowest BCUT2D eigenvalue weighted by Crippen LogP contribution is -2.41. The van der Waals surface area contributed by atoms with E-state index >= 15 is 4.39 Å². The van der Waals surface area contributed by atoms with E-state index in [2.05, 4.69) is 19.9 Å². The minimum atomic E-state index is -4.28. The molecule has 18 nitrogen and oxygen atoms in total. The summed E-state index contributed by atoms with van der Waals surface area (Å²) in [5.74, 6) is 0. The highest BCUT2D eigenvalue weighted by atomic mass is 32.5. The molecule has 0 radical (unpaired) electrons. The van der Waals surface area contributed by atoms with Crippen molar-refractivity contribution in [2.45, 2.75) is 61.9 Å². The average molecular weight is 657 g/mol. The lowest BCUT2D eigenvalue weighted by molar-refractivity contribution is -0.303. The highest BCUT2D eigenvalue weighted by Crippen LogP contribution is 2.53. The summed E-state index contributed by atoms with van der Waals surface area (Å²) in [7, 11) is 3.01. The number of halogens is 1. The van der Waals surface area contributed by atoms with E-state index in [0.29, 0.717) is 0 Å². The summed E-state index contributed by atoms with van der Waals surface area (Å²) in [6.07, 6.45) is -5.18. The zero-order valence-corrected chi connectivity index (χ0v) is 24.6. The van der Waals surface area contributed by atoms with Crippen molar-refractivity contribution in [1.82, 2.24) is 38.2 Å². The van der Waals surface area contributed by atoms with Gasteiger partial charge in [0, 0.05) is 20.5 Å². The number of aliphatic hydroxyl groups excluding tert-OH is 2. The molecule has 1 saturated carbocycles. The lowest BCUT2D eigenvalue weighted by atomic mass is 10.1. The number of fused-ring (bicyclic) bond motifs is 5. The molecule has 3 N–H and O–H groups in total. The fourth-order valence-electron chi connectivity index (χ4n) is 5.79. The van der Waals surface area contributed by atoms with Crippen LogP contribution in [-0.4, -0.2) is 103 Å². The number of alkyl halides is 1. The maximum atomic E-state index is 16.0. The molecule has 0 amide bonds. The summed E-state index contributed by atoms with van der Waals surface area (Å²) >= 11 is 5.24. The molecular weight excluding hydrogens is 630 g/mol. The molecule has 236 valence electrons. The van der Waals surface area contributed by atoms with E-state index in [1.54, 1.807) is 0 Å². The topological polar surface area (TPSA) is 212 Å². The highest BCUT2D eigenvalue weighted by molar-refractivity contribution is 8.07. The fraction of sp³-hybridized carbons (Fsp3) is 0.565. The Kier molecular flexibility index (Phi) is 7.28. The van der Waals surface area contributed by atoms with Gasteiger partial charge in [0.05, 0.1) is 44.1 Å². The monoisotopic (exact) mass is 656 g/mol. The number of hydrogen-bond acceptors (Lipinski definition) is 14. The summed E-state index contributed by atoms with van der Waals surface area (Å²) < 4.78 is 49.5.